The third-order valence-corrected chi connectivity index (χ3v) is 6.47. The number of ether oxygens (including phenoxy) is 1. The molecule has 2 aliphatic heterocycles. The van der Waals surface area contributed by atoms with E-state index in [0.717, 1.165) is 35.6 Å². The number of benzene rings is 1. The Labute approximate surface area is 156 Å². The van der Waals surface area contributed by atoms with Crippen molar-refractivity contribution in [1.82, 2.24) is 5.32 Å². The number of quaternary nitrogens is 1. The van der Waals surface area contributed by atoms with Gasteiger partial charge < -0.3 is 25.4 Å². The summed E-state index contributed by atoms with van der Waals surface area (Å²) in [5.74, 6) is 0.453. The van der Waals surface area contributed by atoms with Gasteiger partial charge in [-0.15, -0.1) is 11.3 Å². The Morgan fingerprint density at radius 2 is 2.15 bits per heavy atom. The lowest BCUT2D eigenvalue weighted by Gasteiger charge is -2.28. The van der Waals surface area contributed by atoms with E-state index >= 15 is 0 Å². The molecule has 4 rings (SSSR count). The number of carbonyl (C=O) groups is 1. The quantitative estimate of drug-likeness (QED) is 0.659. The van der Waals surface area contributed by atoms with Gasteiger partial charge in [0, 0.05) is 6.42 Å². The Bertz CT molecular complexity index is 862. The number of fused-ring (bicyclic) bond motifs is 3. The predicted molar refractivity (Wildman–Crippen MR) is 101 cm³/mol. The van der Waals surface area contributed by atoms with E-state index in [1.54, 1.807) is 34.4 Å². The second-order valence-electron chi connectivity index (χ2n) is 7.18. The number of carbonyl (C=O) groups excluding carboxylic acids is 1. The van der Waals surface area contributed by atoms with Crippen molar-refractivity contribution in [2.24, 2.45) is 0 Å². The molecule has 1 amide bonds. The van der Waals surface area contributed by atoms with Crippen LogP contribution in [0.2, 0.25) is 0 Å². The van der Waals surface area contributed by atoms with E-state index in [4.69, 9.17) is 4.74 Å². The summed E-state index contributed by atoms with van der Waals surface area (Å²) < 4.78 is 5.18. The van der Waals surface area contributed by atoms with Crippen molar-refractivity contribution in [2.75, 3.05) is 19.0 Å². The molecule has 0 bridgehead atoms. The minimum absolute atomic E-state index is 0.0266. The number of hydrogen-bond donors (Lipinski definition) is 4. The van der Waals surface area contributed by atoms with Crippen LogP contribution >= 0.6 is 11.3 Å². The lowest BCUT2D eigenvalue weighted by Crippen LogP contribution is -3.14. The Kier molecular flexibility index (Phi) is 4.28. The zero-order chi connectivity index (χ0) is 18.4. The number of methoxy groups -OCH3 is 1. The Hall–Kier alpha value is -2.25. The average Bonchev–Trinajstić information content (AvgIpc) is 2.99. The molecule has 0 saturated carbocycles. The second kappa shape index (κ2) is 6.48. The molecule has 4 N–H and O–H groups in total. The Morgan fingerprint density at radius 3 is 2.88 bits per heavy atom. The highest BCUT2D eigenvalue weighted by atomic mass is 32.1. The maximum absolute atomic E-state index is 12.8. The fourth-order valence-electron chi connectivity index (χ4n) is 3.75. The monoisotopic (exact) mass is 374 g/mol. The first-order chi connectivity index (χ1) is 12.5. The van der Waals surface area contributed by atoms with Crippen molar-refractivity contribution in [3.05, 3.63) is 39.8 Å². The van der Waals surface area contributed by atoms with Gasteiger partial charge in [0.15, 0.2) is 11.5 Å². The maximum atomic E-state index is 12.8. The van der Waals surface area contributed by atoms with Crippen LogP contribution in [0, 0.1) is 0 Å². The number of phenolic OH excluding ortho intramolecular Hbond substituents is 1. The van der Waals surface area contributed by atoms with Crippen molar-refractivity contribution < 1.29 is 19.5 Å². The summed E-state index contributed by atoms with van der Waals surface area (Å²) in [5.41, 5.74) is 2.87. The molecular formula is C19H24N3O3S+. The van der Waals surface area contributed by atoms with Gasteiger partial charge in [-0.25, -0.2) is 0 Å². The molecule has 7 heteroatoms. The minimum Gasteiger partial charge on any atom is -0.504 e. The zero-order valence-corrected chi connectivity index (χ0v) is 16.0. The van der Waals surface area contributed by atoms with Gasteiger partial charge in [0.2, 0.25) is 0 Å². The standard InChI is InChI=1S/C19H23N3O3S/c1-10(2)22-7-6-12-15(9-22)26-19-16(12)18(24)20-17(21-19)11-4-5-13(23)14(8-11)25-3/h4-5,8,10,17,21,23H,6-7,9H2,1-3H3,(H,20,24)/p+1/t17-/m1/s1. The normalized spacial score (nSPS) is 21.6. The van der Waals surface area contributed by atoms with Crippen molar-refractivity contribution >= 4 is 22.2 Å². The van der Waals surface area contributed by atoms with E-state index in [0.29, 0.717) is 11.8 Å². The molecule has 1 aromatic carbocycles. The number of rotatable bonds is 3. The lowest BCUT2D eigenvalue weighted by molar-refractivity contribution is -0.936. The molecule has 2 aliphatic rings. The van der Waals surface area contributed by atoms with Crippen LogP contribution in [0.1, 0.15) is 46.4 Å². The van der Waals surface area contributed by atoms with Gasteiger partial charge in [-0.3, -0.25) is 4.79 Å². The smallest absolute Gasteiger partial charge is 0.256 e. The number of aromatic hydroxyl groups is 1. The number of hydrogen-bond acceptors (Lipinski definition) is 5. The first kappa shape index (κ1) is 17.2. The fourth-order valence-corrected chi connectivity index (χ4v) is 5.07. The summed E-state index contributed by atoms with van der Waals surface area (Å²) in [4.78, 5) is 15.7. The van der Waals surface area contributed by atoms with Gasteiger partial charge in [-0.1, -0.05) is 6.07 Å². The molecular weight excluding hydrogens is 350 g/mol. The molecule has 3 heterocycles. The molecule has 0 radical (unpaired) electrons. The van der Waals surface area contributed by atoms with Crippen molar-refractivity contribution in [3.8, 4) is 11.5 Å². The van der Waals surface area contributed by atoms with Crippen LogP contribution in [0.4, 0.5) is 5.00 Å². The summed E-state index contributed by atoms with van der Waals surface area (Å²) >= 11 is 1.70. The van der Waals surface area contributed by atoms with E-state index in [1.165, 1.54) is 17.6 Å². The summed E-state index contributed by atoms with van der Waals surface area (Å²) in [7, 11) is 1.51. The van der Waals surface area contributed by atoms with Crippen LogP contribution in [0.3, 0.4) is 0 Å². The van der Waals surface area contributed by atoms with Gasteiger partial charge in [0.1, 0.15) is 17.7 Å². The van der Waals surface area contributed by atoms with Gasteiger partial charge in [0.25, 0.3) is 5.91 Å². The molecule has 0 aliphatic carbocycles. The van der Waals surface area contributed by atoms with Crippen LogP contribution in [0.15, 0.2) is 18.2 Å². The van der Waals surface area contributed by atoms with E-state index < -0.39 is 0 Å². The van der Waals surface area contributed by atoms with Gasteiger partial charge in [-0.2, -0.15) is 0 Å². The first-order valence-electron chi connectivity index (χ1n) is 8.91. The number of amides is 1. The van der Waals surface area contributed by atoms with Gasteiger partial charge >= 0.3 is 0 Å². The number of anilines is 1. The average molecular weight is 374 g/mol. The van der Waals surface area contributed by atoms with Crippen LogP contribution in [0.25, 0.3) is 0 Å². The highest BCUT2D eigenvalue weighted by molar-refractivity contribution is 7.16. The molecule has 0 saturated heterocycles. The van der Waals surface area contributed by atoms with Crippen molar-refractivity contribution in [1.29, 1.82) is 0 Å². The summed E-state index contributed by atoms with van der Waals surface area (Å²) in [6.07, 6.45) is 0.611. The van der Waals surface area contributed by atoms with Crippen molar-refractivity contribution in [2.45, 2.75) is 39.0 Å². The van der Waals surface area contributed by atoms with E-state index in [1.807, 2.05) is 0 Å². The highest BCUT2D eigenvalue weighted by Gasteiger charge is 2.35. The Balaban J connectivity index is 1.65. The number of thiophene rings is 1. The second-order valence-corrected chi connectivity index (χ2v) is 8.28. The zero-order valence-electron chi connectivity index (χ0n) is 15.2. The summed E-state index contributed by atoms with van der Waals surface area (Å²) in [6.45, 7) is 6.54. The molecule has 2 aromatic rings. The summed E-state index contributed by atoms with van der Waals surface area (Å²) in [6, 6.07) is 5.71. The predicted octanol–water partition coefficient (Wildman–Crippen LogP) is 1.67. The molecule has 2 atom stereocenters. The molecule has 0 spiro atoms. The largest absolute Gasteiger partial charge is 0.504 e. The van der Waals surface area contributed by atoms with Crippen molar-refractivity contribution in [3.63, 3.8) is 0 Å². The van der Waals surface area contributed by atoms with Gasteiger partial charge in [-0.05, 0) is 37.1 Å². The molecule has 0 fully saturated rings. The van der Waals surface area contributed by atoms with Gasteiger partial charge in [0.05, 0.1) is 30.1 Å². The van der Waals surface area contributed by atoms with Crippen LogP contribution in [0.5, 0.6) is 11.5 Å². The molecule has 1 aromatic heterocycles. The molecule has 138 valence electrons. The highest BCUT2D eigenvalue weighted by Crippen LogP contribution is 2.40. The summed E-state index contributed by atoms with van der Waals surface area (Å²) in [5, 5.41) is 17.2. The molecule has 26 heavy (non-hydrogen) atoms. The maximum Gasteiger partial charge on any atom is 0.256 e. The third-order valence-electron chi connectivity index (χ3n) is 5.31. The fraction of sp³-hybridized carbons (Fsp3) is 0.421. The van der Waals surface area contributed by atoms with E-state index in [2.05, 4.69) is 24.5 Å². The van der Waals surface area contributed by atoms with E-state index in [9.17, 15) is 9.90 Å². The molecule has 6 nitrogen and oxygen atoms in total. The van der Waals surface area contributed by atoms with E-state index in [-0.39, 0.29) is 17.8 Å². The number of phenols is 1. The first-order valence-corrected chi connectivity index (χ1v) is 9.73. The van der Waals surface area contributed by atoms with Crippen LogP contribution in [-0.2, 0) is 13.0 Å². The van der Waals surface area contributed by atoms with Crippen LogP contribution < -0.4 is 20.3 Å². The lowest BCUT2D eigenvalue weighted by atomic mass is 9.99. The topological polar surface area (TPSA) is 75.0 Å². The minimum atomic E-state index is -0.335. The molecule has 1 unspecified atom stereocenters. The SMILES string of the molecule is COc1cc([C@@H]2NC(=O)c3c(sc4c3CC[NH+](C(C)C)C4)N2)ccc1O. The number of nitrogens with one attached hydrogen (secondary N) is 3. The third kappa shape index (κ3) is 2.81. The van der Waals surface area contributed by atoms with Crippen LogP contribution in [-0.4, -0.2) is 30.7 Å². The Morgan fingerprint density at radius 1 is 1.35 bits per heavy atom.